The number of nitro benzene ring substituents is 1. The molecular weight excluding hydrogens is 410 g/mol. The molecule has 32 heavy (non-hydrogen) atoms. The zero-order chi connectivity index (χ0) is 22.5. The molecule has 0 aliphatic carbocycles. The lowest BCUT2D eigenvalue weighted by atomic mass is 10.1. The summed E-state index contributed by atoms with van der Waals surface area (Å²) in [6.45, 7) is 1.82. The number of nitrogens with one attached hydrogen (secondary N) is 2. The van der Waals surface area contributed by atoms with Crippen molar-refractivity contribution in [1.82, 2.24) is 9.55 Å². The highest BCUT2D eigenvalue weighted by molar-refractivity contribution is 6.05. The number of amides is 1. The van der Waals surface area contributed by atoms with E-state index in [2.05, 4.69) is 15.2 Å². The zero-order valence-corrected chi connectivity index (χ0v) is 17.8. The lowest BCUT2D eigenvalue weighted by Gasteiger charge is -2.11. The van der Waals surface area contributed by atoms with Crippen molar-refractivity contribution >= 4 is 23.0 Å². The number of hydrogen-bond acceptors (Lipinski definition) is 6. The Bertz CT molecular complexity index is 1120. The molecule has 1 amide bonds. The summed E-state index contributed by atoms with van der Waals surface area (Å²) in [6, 6.07) is 11.8. The number of methoxy groups -OCH3 is 1. The van der Waals surface area contributed by atoms with E-state index in [4.69, 9.17) is 9.72 Å². The van der Waals surface area contributed by atoms with Gasteiger partial charge in [-0.15, -0.1) is 0 Å². The van der Waals surface area contributed by atoms with E-state index in [0.29, 0.717) is 24.5 Å². The number of benzene rings is 2. The molecule has 2 heterocycles. The topological polar surface area (TPSA) is 111 Å². The van der Waals surface area contributed by atoms with Gasteiger partial charge in [0.25, 0.3) is 11.6 Å². The van der Waals surface area contributed by atoms with E-state index in [9.17, 15) is 14.9 Å². The average molecular weight is 435 g/mol. The Morgan fingerprint density at radius 1 is 1.25 bits per heavy atom. The van der Waals surface area contributed by atoms with E-state index in [1.165, 1.54) is 12.1 Å². The largest absolute Gasteiger partial charge is 0.383 e. The first-order chi connectivity index (χ1) is 15.5. The van der Waals surface area contributed by atoms with Gasteiger partial charge in [-0.3, -0.25) is 14.9 Å². The molecule has 1 aliphatic rings. The first kappa shape index (κ1) is 21.5. The van der Waals surface area contributed by atoms with Crippen LogP contribution in [0.1, 0.15) is 29.0 Å². The van der Waals surface area contributed by atoms with Crippen LogP contribution in [0, 0.1) is 10.1 Å². The molecule has 1 aromatic heterocycles. The van der Waals surface area contributed by atoms with Gasteiger partial charge in [0, 0.05) is 55.7 Å². The van der Waals surface area contributed by atoms with E-state index in [-0.39, 0.29) is 11.3 Å². The minimum Gasteiger partial charge on any atom is -0.383 e. The molecule has 0 spiro atoms. The van der Waals surface area contributed by atoms with Gasteiger partial charge in [0.05, 0.1) is 17.2 Å². The Kier molecular flexibility index (Phi) is 6.46. The maximum absolute atomic E-state index is 12.8. The van der Waals surface area contributed by atoms with Crippen LogP contribution in [0.3, 0.4) is 0 Å². The van der Waals surface area contributed by atoms with Crippen molar-refractivity contribution in [3.8, 4) is 11.3 Å². The number of anilines is 2. The fourth-order valence-electron chi connectivity index (χ4n) is 3.77. The molecule has 9 heteroatoms. The molecule has 0 bridgehead atoms. The van der Waals surface area contributed by atoms with Crippen molar-refractivity contribution in [3.05, 3.63) is 70.2 Å². The number of carbonyl (C=O) groups is 1. The van der Waals surface area contributed by atoms with Gasteiger partial charge in [-0.05, 0) is 37.1 Å². The normalized spacial score (nSPS) is 12.8. The molecule has 2 aromatic carbocycles. The third kappa shape index (κ3) is 4.78. The van der Waals surface area contributed by atoms with Gasteiger partial charge < -0.3 is 19.9 Å². The first-order valence-corrected chi connectivity index (χ1v) is 10.5. The van der Waals surface area contributed by atoms with Crippen LogP contribution in [0.15, 0.2) is 48.7 Å². The van der Waals surface area contributed by atoms with Crippen LogP contribution in [0.2, 0.25) is 0 Å². The van der Waals surface area contributed by atoms with Gasteiger partial charge in [0.2, 0.25) is 0 Å². The number of nitro groups is 1. The number of carbonyl (C=O) groups excluding carboxylic acids is 1. The highest BCUT2D eigenvalue weighted by Crippen LogP contribution is 2.27. The smallest absolute Gasteiger partial charge is 0.293 e. The monoisotopic (exact) mass is 435 g/mol. The van der Waals surface area contributed by atoms with Crippen molar-refractivity contribution in [2.45, 2.75) is 25.8 Å². The summed E-state index contributed by atoms with van der Waals surface area (Å²) >= 11 is 0. The van der Waals surface area contributed by atoms with Crippen LogP contribution in [0.25, 0.3) is 11.3 Å². The minimum absolute atomic E-state index is 0.161. The summed E-state index contributed by atoms with van der Waals surface area (Å²) in [5.74, 6) is 0.671. The summed E-state index contributed by atoms with van der Waals surface area (Å²) < 4.78 is 7.14. The number of rotatable bonds is 8. The predicted octanol–water partition coefficient (Wildman–Crippen LogP) is 4.11. The van der Waals surface area contributed by atoms with E-state index in [0.717, 1.165) is 42.9 Å². The Balaban J connectivity index is 1.51. The van der Waals surface area contributed by atoms with Crippen molar-refractivity contribution in [2.24, 2.45) is 0 Å². The van der Waals surface area contributed by atoms with Crippen LogP contribution >= 0.6 is 0 Å². The van der Waals surface area contributed by atoms with Gasteiger partial charge in [-0.2, -0.15) is 0 Å². The fourth-order valence-corrected chi connectivity index (χ4v) is 3.77. The molecule has 9 nitrogen and oxygen atoms in total. The SMILES string of the molecule is COCCNc1ccc(C(=O)Nc2cccc(-c3cn4c(n3)CCCC4)c2)cc1[N+](=O)[O-]. The van der Waals surface area contributed by atoms with E-state index in [1.54, 1.807) is 19.2 Å². The molecule has 1 aliphatic heterocycles. The average Bonchev–Trinajstić information content (AvgIpc) is 3.24. The Hall–Kier alpha value is -3.72. The van der Waals surface area contributed by atoms with Crippen LogP contribution in [-0.2, 0) is 17.7 Å². The zero-order valence-electron chi connectivity index (χ0n) is 17.8. The Morgan fingerprint density at radius 2 is 2.12 bits per heavy atom. The first-order valence-electron chi connectivity index (χ1n) is 10.5. The van der Waals surface area contributed by atoms with Gasteiger partial charge >= 0.3 is 0 Å². The van der Waals surface area contributed by atoms with Crippen LogP contribution < -0.4 is 10.6 Å². The number of aryl methyl sites for hydroxylation is 2. The molecule has 0 saturated heterocycles. The molecule has 4 rings (SSSR count). The van der Waals surface area contributed by atoms with Crippen LogP contribution in [0.5, 0.6) is 0 Å². The van der Waals surface area contributed by atoms with Crippen molar-refractivity contribution < 1.29 is 14.5 Å². The second kappa shape index (κ2) is 9.61. The molecule has 0 saturated carbocycles. The number of fused-ring (bicyclic) bond motifs is 1. The molecule has 3 aromatic rings. The third-order valence-corrected chi connectivity index (χ3v) is 5.40. The summed E-state index contributed by atoms with van der Waals surface area (Å²) in [7, 11) is 1.56. The molecule has 166 valence electrons. The second-order valence-electron chi connectivity index (χ2n) is 7.64. The van der Waals surface area contributed by atoms with Crippen molar-refractivity contribution in [1.29, 1.82) is 0 Å². The molecule has 0 atom stereocenters. The number of imidazole rings is 1. The van der Waals surface area contributed by atoms with Gasteiger partial charge in [-0.25, -0.2) is 4.98 Å². The maximum Gasteiger partial charge on any atom is 0.293 e. The van der Waals surface area contributed by atoms with Crippen LogP contribution in [0.4, 0.5) is 17.1 Å². The fraction of sp³-hybridized carbons (Fsp3) is 0.304. The number of nitrogens with zero attached hydrogens (tertiary/aromatic N) is 3. The number of aromatic nitrogens is 2. The van der Waals surface area contributed by atoms with E-state index >= 15 is 0 Å². The highest BCUT2D eigenvalue weighted by atomic mass is 16.6. The standard InChI is InChI=1S/C23H25N5O4/c1-32-12-10-24-19-9-8-17(14-21(19)28(30)31)23(29)25-18-6-4-5-16(13-18)20-15-27-11-3-2-7-22(27)26-20/h4-6,8-9,13-15,24H,2-3,7,10-12H2,1H3,(H,25,29). The predicted molar refractivity (Wildman–Crippen MR) is 122 cm³/mol. The van der Waals surface area contributed by atoms with E-state index in [1.807, 2.05) is 24.4 Å². The molecule has 0 unspecified atom stereocenters. The Labute approximate surface area is 185 Å². The number of ether oxygens (including phenoxy) is 1. The summed E-state index contributed by atoms with van der Waals surface area (Å²) in [5.41, 5.74) is 2.77. The minimum atomic E-state index is -0.507. The summed E-state index contributed by atoms with van der Waals surface area (Å²) in [6.07, 6.45) is 5.34. The lowest BCUT2D eigenvalue weighted by molar-refractivity contribution is -0.384. The van der Waals surface area contributed by atoms with E-state index < -0.39 is 10.8 Å². The molecular formula is C23H25N5O4. The molecule has 0 fully saturated rings. The number of hydrogen-bond donors (Lipinski definition) is 2. The third-order valence-electron chi connectivity index (χ3n) is 5.40. The quantitative estimate of drug-likeness (QED) is 0.313. The second-order valence-corrected chi connectivity index (χ2v) is 7.64. The van der Waals surface area contributed by atoms with Crippen molar-refractivity contribution in [2.75, 3.05) is 30.9 Å². The van der Waals surface area contributed by atoms with Crippen molar-refractivity contribution in [3.63, 3.8) is 0 Å². The van der Waals surface area contributed by atoms with Gasteiger partial charge in [0.15, 0.2) is 0 Å². The van der Waals surface area contributed by atoms with Gasteiger partial charge in [0.1, 0.15) is 11.5 Å². The maximum atomic E-state index is 12.8. The van der Waals surface area contributed by atoms with Gasteiger partial charge in [-0.1, -0.05) is 12.1 Å². The Morgan fingerprint density at radius 3 is 2.91 bits per heavy atom. The summed E-state index contributed by atoms with van der Waals surface area (Å²) in [5, 5.41) is 17.2. The highest BCUT2D eigenvalue weighted by Gasteiger charge is 2.18. The molecule has 2 N–H and O–H groups in total. The van der Waals surface area contributed by atoms with Crippen LogP contribution in [-0.4, -0.2) is 40.6 Å². The lowest BCUT2D eigenvalue weighted by Crippen LogP contribution is -2.13. The molecule has 0 radical (unpaired) electrons. The summed E-state index contributed by atoms with van der Waals surface area (Å²) in [4.78, 5) is 28.5.